The van der Waals surface area contributed by atoms with Crippen LogP contribution in [0.4, 0.5) is 4.79 Å². The smallest absolute Gasteiger partial charge is 0.325 e. The van der Waals surface area contributed by atoms with Crippen LogP contribution in [-0.4, -0.2) is 56.0 Å². The Morgan fingerprint density at radius 2 is 1.90 bits per heavy atom. The van der Waals surface area contributed by atoms with Crippen LogP contribution in [0, 0.1) is 5.92 Å². The first-order valence-corrected chi connectivity index (χ1v) is 9.82. The van der Waals surface area contributed by atoms with Crippen molar-refractivity contribution < 1.29 is 23.9 Å². The van der Waals surface area contributed by atoms with E-state index < -0.39 is 5.97 Å². The molecule has 7 nitrogen and oxygen atoms in total. The molecule has 1 fully saturated rings. The van der Waals surface area contributed by atoms with Crippen molar-refractivity contribution in [3.63, 3.8) is 0 Å². The zero-order valence-electron chi connectivity index (χ0n) is 16.8. The third-order valence-electron chi connectivity index (χ3n) is 5.10. The number of carbonyl (C=O) groups excluding carboxylic acids is 3. The molecule has 1 saturated heterocycles. The molecule has 0 bridgehead atoms. The average Bonchev–Trinajstić information content (AvgIpc) is 2.76. The maximum atomic E-state index is 13.0. The van der Waals surface area contributed by atoms with Crippen LogP contribution in [0.2, 0.25) is 0 Å². The zero-order chi connectivity index (χ0) is 20.8. The number of hydrogen-bond donors (Lipinski definition) is 1. The minimum absolute atomic E-state index is 0.0330. The normalized spacial score (nSPS) is 16.3. The highest BCUT2D eigenvalue weighted by Gasteiger charge is 2.29. The largest absolute Gasteiger partial charge is 0.497 e. The number of benzene rings is 2. The van der Waals surface area contributed by atoms with Crippen molar-refractivity contribution >= 4 is 28.6 Å². The summed E-state index contributed by atoms with van der Waals surface area (Å²) in [7, 11) is 1.62. The summed E-state index contributed by atoms with van der Waals surface area (Å²) < 4.78 is 10.1. The van der Waals surface area contributed by atoms with Gasteiger partial charge in [0.1, 0.15) is 12.3 Å². The summed E-state index contributed by atoms with van der Waals surface area (Å²) in [6.45, 7) is 2.72. The SMILES string of the molecule is CCOC(=O)CNC(=O)N1CCC[C@H](C(=O)c2ccc3cc(OC)ccc3c2)C1. The number of nitrogens with one attached hydrogen (secondary N) is 1. The molecule has 0 aromatic heterocycles. The molecular formula is C22H26N2O5. The van der Waals surface area contributed by atoms with Crippen molar-refractivity contribution in [3.05, 3.63) is 42.0 Å². The Bertz CT molecular complexity index is 911. The minimum Gasteiger partial charge on any atom is -0.497 e. The summed E-state index contributed by atoms with van der Waals surface area (Å²) in [6, 6.07) is 11.0. The van der Waals surface area contributed by atoms with Gasteiger partial charge in [0.25, 0.3) is 0 Å². The lowest BCUT2D eigenvalue weighted by atomic mass is 9.89. The van der Waals surface area contributed by atoms with Crippen molar-refractivity contribution in [2.24, 2.45) is 5.92 Å². The number of urea groups is 1. The van der Waals surface area contributed by atoms with E-state index in [1.165, 1.54) is 0 Å². The standard InChI is InChI=1S/C22H26N2O5/c1-3-29-20(25)13-23-22(27)24-10-4-5-18(14-24)21(26)17-7-6-16-12-19(28-2)9-8-15(16)11-17/h6-9,11-12,18H,3-5,10,13-14H2,1-2H3,(H,23,27)/t18-/m0/s1. The molecule has 154 valence electrons. The zero-order valence-corrected chi connectivity index (χ0v) is 16.8. The molecule has 2 aromatic rings. The molecule has 0 saturated carbocycles. The summed E-state index contributed by atoms with van der Waals surface area (Å²) in [5.74, 6) is 0.0741. The Labute approximate surface area is 170 Å². The number of fused-ring (bicyclic) bond motifs is 1. The first kappa shape index (κ1) is 20.6. The maximum Gasteiger partial charge on any atom is 0.325 e. The van der Waals surface area contributed by atoms with E-state index in [9.17, 15) is 14.4 Å². The summed E-state index contributed by atoms with van der Waals surface area (Å²) in [5.41, 5.74) is 0.640. The van der Waals surface area contributed by atoms with Gasteiger partial charge in [-0.15, -0.1) is 0 Å². The number of amides is 2. The molecule has 0 unspecified atom stereocenters. The van der Waals surface area contributed by atoms with Crippen LogP contribution < -0.4 is 10.1 Å². The Morgan fingerprint density at radius 1 is 1.14 bits per heavy atom. The Morgan fingerprint density at radius 3 is 2.66 bits per heavy atom. The molecule has 0 radical (unpaired) electrons. The van der Waals surface area contributed by atoms with Gasteiger partial charge in [-0.05, 0) is 48.7 Å². The Kier molecular flexibility index (Phi) is 6.69. The first-order chi connectivity index (χ1) is 14.0. The lowest BCUT2D eigenvalue weighted by Gasteiger charge is -2.32. The van der Waals surface area contributed by atoms with Crippen molar-refractivity contribution in [3.8, 4) is 5.75 Å². The highest BCUT2D eigenvalue weighted by atomic mass is 16.5. The molecule has 1 N–H and O–H groups in total. The van der Waals surface area contributed by atoms with Gasteiger partial charge < -0.3 is 19.7 Å². The summed E-state index contributed by atoms with van der Waals surface area (Å²) in [4.78, 5) is 38.4. The molecule has 1 aliphatic heterocycles. The van der Waals surface area contributed by atoms with Gasteiger partial charge in [-0.3, -0.25) is 9.59 Å². The van der Waals surface area contributed by atoms with E-state index in [1.807, 2.05) is 36.4 Å². The van der Waals surface area contributed by atoms with E-state index in [0.29, 0.717) is 18.7 Å². The Hall–Kier alpha value is -3.09. The number of hydrogen-bond acceptors (Lipinski definition) is 5. The lowest BCUT2D eigenvalue weighted by molar-refractivity contribution is -0.141. The fraction of sp³-hybridized carbons (Fsp3) is 0.409. The summed E-state index contributed by atoms with van der Waals surface area (Å²) in [6.07, 6.45) is 1.48. The third-order valence-corrected chi connectivity index (χ3v) is 5.10. The van der Waals surface area contributed by atoms with Gasteiger partial charge in [-0.25, -0.2) is 4.79 Å². The number of Topliss-reactive ketones (excluding diaryl/α,β-unsaturated/α-hetero) is 1. The van der Waals surface area contributed by atoms with E-state index in [0.717, 1.165) is 29.4 Å². The molecule has 7 heteroatoms. The quantitative estimate of drug-likeness (QED) is 0.597. The molecule has 1 aliphatic rings. The number of ether oxygens (including phenoxy) is 2. The van der Waals surface area contributed by atoms with Gasteiger partial charge in [0.05, 0.1) is 13.7 Å². The van der Waals surface area contributed by atoms with E-state index in [4.69, 9.17) is 9.47 Å². The van der Waals surface area contributed by atoms with E-state index in [-0.39, 0.29) is 30.9 Å². The fourth-order valence-electron chi connectivity index (χ4n) is 3.59. The van der Waals surface area contributed by atoms with Crippen molar-refractivity contribution in [2.45, 2.75) is 19.8 Å². The average molecular weight is 398 g/mol. The highest BCUT2D eigenvalue weighted by molar-refractivity contribution is 6.01. The number of carbonyl (C=O) groups is 3. The molecule has 3 rings (SSSR count). The summed E-state index contributed by atoms with van der Waals surface area (Å²) >= 11 is 0. The summed E-state index contributed by atoms with van der Waals surface area (Å²) in [5, 5.41) is 4.53. The predicted octanol–water partition coefficient (Wildman–Crippen LogP) is 3.02. The fourth-order valence-corrected chi connectivity index (χ4v) is 3.59. The van der Waals surface area contributed by atoms with Crippen molar-refractivity contribution in [2.75, 3.05) is 33.4 Å². The van der Waals surface area contributed by atoms with Gasteiger partial charge in [-0.2, -0.15) is 0 Å². The second kappa shape index (κ2) is 9.41. The van der Waals surface area contributed by atoms with Gasteiger partial charge in [0.2, 0.25) is 0 Å². The van der Waals surface area contributed by atoms with E-state index >= 15 is 0 Å². The minimum atomic E-state index is -0.474. The van der Waals surface area contributed by atoms with Crippen LogP contribution in [0.25, 0.3) is 10.8 Å². The second-order valence-electron chi connectivity index (χ2n) is 7.04. The third kappa shape index (κ3) is 5.04. The van der Waals surface area contributed by atoms with Crippen LogP contribution >= 0.6 is 0 Å². The number of rotatable bonds is 6. The molecule has 1 atom stereocenters. The molecule has 0 aliphatic carbocycles. The molecule has 0 spiro atoms. The van der Waals surface area contributed by atoms with E-state index in [1.54, 1.807) is 18.9 Å². The first-order valence-electron chi connectivity index (χ1n) is 9.82. The monoisotopic (exact) mass is 398 g/mol. The number of esters is 1. The predicted molar refractivity (Wildman–Crippen MR) is 109 cm³/mol. The number of nitrogens with zero attached hydrogens (tertiary/aromatic N) is 1. The highest BCUT2D eigenvalue weighted by Crippen LogP contribution is 2.25. The Balaban J connectivity index is 1.65. The molecule has 29 heavy (non-hydrogen) atoms. The van der Waals surface area contributed by atoms with Crippen molar-refractivity contribution in [1.29, 1.82) is 0 Å². The van der Waals surface area contributed by atoms with Crippen LogP contribution in [0.5, 0.6) is 5.75 Å². The number of ketones is 1. The molecular weight excluding hydrogens is 372 g/mol. The number of piperidine rings is 1. The second-order valence-corrected chi connectivity index (χ2v) is 7.04. The van der Waals surface area contributed by atoms with E-state index in [2.05, 4.69) is 5.32 Å². The number of likely N-dealkylation sites (tertiary alicyclic amines) is 1. The van der Waals surface area contributed by atoms with Gasteiger partial charge in [0.15, 0.2) is 5.78 Å². The molecule has 2 aromatic carbocycles. The van der Waals surface area contributed by atoms with Crippen LogP contribution in [0.15, 0.2) is 36.4 Å². The number of methoxy groups -OCH3 is 1. The molecule has 1 heterocycles. The van der Waals surface area contributed by atoms with Crippen molar-refractivity contribution in [1.82, 2.24) is 10.2 Å². The maximum absolute atomic E-state index is 13.0. The van der Waals surface area contributed by atoms with Crippen LogP contribution in [0.3, 0.4) is 0 Å². The van der Waals surface area contributed by atoms with Crippen LogP contribution in [-0.2, 0) is 9.53 Å². The van der Waals surface area contributed by atoms with Gasteiger partial charge in [0, 0.05) is 24.6 Å². The van der Waals surface area contributed by atoms with Gasteiger partial charge >= 0.3 is 12.0 Å². The van der Waals surface area contributed by atoms with Gasteiger partial charge in [-0.1, -0.05) is 18.2 Å². The lowest BCUT2D eigenvalue weighted by Crippen LogP contribution is -2.48. The topological polar surface area (TPSA) is 84.9 Å². The van der Waals surface area contributed by atoms with Crippen LogP contribution in [0.1, 0.15) is 30.1 Å². The molecule has 2 amide bonds.